The third-order valence-electron chi connectivity index (χ3n) is 3.57. The second kappa shape index (κ2) is 9.22. The number of carbonyl (C=O) groups is 2. The summed E-state index contributed by atoms with van der Waals surface area (Å²) in [6.07, 6.45) is 0.726. The maximum absolute atomic E-state index is 12.3. The van der Waals surface area contributed by atoms with Crippen molar-refractivity contribution in [2.45, 2.75) is 44.9 Å². The highest BCUT2D eigenvalue weighted by molar-refractivity contribution is 6.31. The van der Waals surface area contributed by atoms with Gasteiger partial charge >= 0.3 is 0 Å². The maximum atomic E-state index is 12.3. The number of nitrogens with two attached hydrogens (primary N) is 1. The van der Waals surface area contributed by atoms with Gasteiger partial charge in [-0.3, -0.25) is 9.59 Å². The lowest BCUT2D eigenvalue weighted by Crippen LogP contribution is -2.33. The van der Waals surface area contributed by atoms with E-state index in [9.17, 15) is 9.59 Å². The molecule has 0 spiro atoms. The first kappa shape index (κ1) is 20.7. The van der Waals surface area contributed by atoms with Gasteiger partial charge in [-0.2, -0.15) is 0 Å². The summed E-state index contributed by atoms with van der Waals surface area (Å²) in [5, 5.41) is 5.98. The largest absolute Gasteiger partial charge is 0.364 e. The van der Waals surface area contributed by atoms with Gasteiger partial charge in [-0.05, 0) is 44.9 Å². The Morgan fingerprint density at radius 1 is 1.38 bits per heavy atom. The van der Waals surface area contributed by atoms with E-state index in [1.165, 1.54) is 0 Å². The molecule has 0 bridgehead atoms. The average molecular weight is 376 g/mol. The van der Waals surface area contributed by atoms with Crippen LogP contribution in [-0.4, -0.2) is 36.6 Å². The molecule has 0 aromatic heterocycles. The zero-order valence-electron chi connectivity index (χ0n) is 13.7. The molecule has 1 aliphatic rings. The summed E-state index contributed by atoms with van der Waals surface area (Å²) in [5.41, 5.74) is 6.29. The summed E-state index contributed by atoms with van der Waals surface area (Å²) < 4.78 is 5.57. The number of ether oxygens (including phenoxy) is 1. The molecule has 0 aliphatic carbocycles. The van der Waals surface area contributed by atoms with Gasteiger partial charge in [-0.1, -0.05) is 11.6 Å². The summed E-state index contributed by atoms with van der Waals surface area (Å²) in [7, 11) is 0. The van der Waals surface area contributed by atoms with Gasteiger partial charge in [0.05, 0.1) is 17.4 Å². The van der Waals surface area contributed by atoms with Crippen LogP contribution >= 0.6 is 24.0 Å². The minimum Gasteiger partial charge on any atom is -0.364 e. The molecule has 134 valence electrons. The molecule has 6 nitrogen and oxygen atoms in total. The summed E-state index contributed by atoms with van der Waals surface area (Å²) >= 11 is 5.99. The lowest BCUT2D eigenvalue weighted by molar-refractivity contribution is -0.126. The van der Waals surface area contributed by atoms with Gasteiger partial charge in [0.2, 0.25) is 0 Å². The van der Waals surface area contributed by atoms with Crippen molar-refractivity contribution in [3.8, 4) is 0 Å². The topological polar surface area (TPSA) is 93.5 Å². The normalized spacial score (nSPS) is 19.7. The van der Waals surface area contributed by atoms with Crippen molar-refractivity contribution >= 4 is 41.5 Å². The predicted octanol–water partition coefficient (Wildman–Crippen LogP) is 2.34. The number of carbonyl (C=O) groups excluding carboxylic acids is 2. The highest BCUT2D eigenvalue weighted by Crippen LogP contribution is 2.24. The fourth-order valence-corrected chi connectivity index (χ4v) is 2.62. The van der Waals surface area contributed by atoms with Crippen LogP contribution in [0.4, 0.5) is 5.69 Å². The van der Waals surface area contributed by atoms with E-state index in [2.05, 4.69) is 10.6 Å². The van der Waals surface area contributed by atoms with Crippen LogP contribution in [0.15, 0.2) is 18.2 Å². The summed E-state index contributed by atoms with van der Waals surface area (Å²) in [4.78, 5) is 24.6. The third kappa shape index (κ3) is 5.34. The fourth-order valence-electron chi connectivity index (χ4n) is 2.44. The molecule has 0 unspecified atom stereocenters. The third-order valence-corrected chi connectivity index (χ3v) is 3.80. The Labute approximate surface area is 152 Å². The number of hydrogen-bond donors (Lipinski definition) is 3. The van der Waals surface area contributed by atoms with E-state index < -0.39 is 6.10 Å². The van der Waals surface area contributed by atoms with Crippen LogP contribution in [0.3, 0.4) is 0 Å². The fraction of sp³-hybridized carbons (Fsp3) is 0.500. The number of amides is 2. The Kier molecular flexibility index (Phi) is 7.96. The molecule has 0 saturated carbocycles. The van der Waals surface area contributed by atoms with Crippen LogP contribution in [0, 0.1) is 0 Å². The number of halogens is 2. The highest BCUT2D eigenvalue weighted by Gasteiger charge is 2.30. The van der Waals surface area contributed by atoms with Crippen molar-refractivity contribution in [3.63, 3.8) is 0 Å². The van der Waals surface area contributed by atoms with E-state index in [1.807, 2.05) is 13.8 Å². The zero-order chi connectivity index (χ0) is 17.0. The molecule has 2 atom stereocenters. The molecule has 1 aliphatic heterocycles. The number of benzene rings is 1. The van der Waals surface area contributed by atoms with Gasteiger partial charge in [-0.15, -0.1) is 12.4 Å². The average Bonchev–Trinajstić information content (AvgIpc) is 2.95. The van der Waals surface area contributed by atoms with Gasteiger partial charge in [0.15, 0.2) is 0 Å². The molecular formula is C16H23Cl2N3O3. The first-order chi connectivity index (χ1) is 10.9. The standard InChI is InChI=1S/C16H22ClN3O3.ClH/c1-9(2)19-15(21)12-5-3-10(17)7-13(12)20-16(22)14-6-4-11(8-18)23-14;/h3,5,7,9,11,14H,4,6,8,18H2,1-2H3,(H,19,21)(H,20,22);1H/t11-,14+;/m1./s1. The molecule has 4 N–H and O–H groups in total. The molecule has 8 heteroatoms. The van der Waals surface area contributed by atoms with Gasteiger partial charge in [0, 0.05) is 17.6 Å². The maximum Gasteiger partial charge on any atom is 0.253 e. The van der Waals surface area contributed by atoms with Crippen molar-refractivity contribution in [1.82, 2.24) is 5.32 Å². The van der Waals surface area contributed by atoms with Gasteiger partial charge in [0.25, 0.3) is 11.8 Å². The quantitative estimate of drug-likeness (QED) is 0.735. The Hall–Kier alpha value is -1.34. The van der Waals surface area contributed by atoms with Crippen LogP contribution < -0.4 is 16.4 Å². The molecular weight excluding hydrogens is 353 g/mol. The lowest BCUT2D eigenvalue weighted by Gasteiger charge is -2.16. The SMILES string of the molecule is CC(C)NC(=O)c1ccc(Cl)cc1NC(=O)[C@@H]1CC[C@H](CN)O1.Cl. The molecule has 1 aromatic rings. The Morgan fingerprint density at radius 3 is 2.67 bits per heavy atom. The van der Waals surface area contributed by atoms with Crippen molar-refractivity contribution in [2.75, 3.05) is 11.9 Å². The minimum absolute atomic E-state index is 0. The smallest absolute Gasteiger partial charge is 0.253 e. The monoisotopic (exact) mass is 375 g/mol. The van der Waals surface area contributed by atoms with E-state index in [4.69, 9.17) is 22.1 Å². The van der Waals surface area contributed by atoms with Crippen molar-refractivity contribution in [1.29, 1.82) is 0 Å². The second-order valence-corrected chi connectivity index (χ2v) is 6.30. The van der Waals surface area contributed by atoms with Crippen molar-refractivity contribution in [2.24, 2.45) is 5.73 Å². The van der Waals surface area contributed by atoms with E-state index in [0.29, 0.717) is 29.2 Å². The zero-order valence-corrected chi connectivity index (χ0v) is 15.2. The van der Waals surface area contributed by atoms with Gasteiger partial charge < -0.3 is 21.1 Å². The molecule has 1 aromatic carbocycles. The molecule has 1 fully saturated rings. The van der Waals surface area contributed by atoms with E-state index >= 15 is 0 Å². The van der Waals surface area contributed by atoms with Crippen molar-refractivity contribution in [3.05, 3.63) is 28.8 Å². The lowest BCUT2D eigenvalue weighted by atomic mass is 10.1. The number of anilines is 1. The van der Waals surface area contributed by atoms with Crippen LogP contribution in [0.25, 0.3) is 0 Å². The van der Waals surface area contributed by atoms with Gasteiger partial charge in [0.1, 0.15) is 6.10 Å². The summed E-state index contributed by atoms with van der Waals surface area (Å²) in [6, 6.07) is 4.76. The summed E-state index contributed by atoms with van der Waals surface area (Å²) in [5.74, 6) is -0.555. The minimum atomic E-state index is -0.552. The van der Waals surface area contributed by atoms with E-state index in [0.717, 1.165) is 6.42 Å². The molecule has 1 heterocycles. The number of nitrogens with one attached hydrogen (secondary N) is 2. The Bertz CT molecular complexity index is 596. The number of hydrogen-bond acceptors (Lipinski definition) is 4. The van der Waals surface area contributed by atoms with Gasteiger partial charge in [-0.25, -0.2) is 0 Å². The molecule has 0 radical (unpaired) electrons. The van der Waals surface area contributed by atoms with Crippen LogP contribution in [0.5, 0.6) is 0 Å². The van der Waals surface area contributed by atoms with Crippen LogP contribution in [0.2, 0.25) is 5.02 Å². The molecule has 2 rings (SSSR count). The highest BCUT2D eigenvalue weighted by atomic mass is 35.5. The second-order valence-electron chi connectivity index (χ2n) is 5.87. The first-order valence-corrected chi connectivity index (χ1v) is 8.05. The first-order valence-electron chi connectivity index (χ1n) is 7.67. The Balaban J connectivity index is 0.00000288. The molecule has 24 heavy (non-hydrogen) atoms. The van der Waals surface area contributed by atoms with Crippen molar-refractivity contribution < 1.29 is 14.3 Å². The van der Waals surface area contributed by atoms with E-state index in [1.54, 1.807) is 18.2 Å². The Morgan fingerprint density at radius 2 is 2.08 bits per heavy atom. The number of rotatable bonds is 5. The summed E-state index contributed by atoms with van der Waals surface area (Å²) in [6.45, 7) is 4.12. The van der Waals surface area contributed by atoms with E-state index in [-0.39, 0.29) is 36.4 Å². The molecule has 1 saturated heterocycles. The van der Waals surface area contributed by atoms with Crippen LogP contribution in [0.1, 0.15) is 37.0 Å². The molecule has 2 amide bonds. The van der Waals surface area contributed by atoms with Crippen LogP contribution in [-0.2, 0) is 9.53 Å². The predicted molar refractivity (Wildman–Crippen MR) is 96.9 cm³/mol.